The fourth-order valence-electron chi connectivity index (χ4n) is 3.32. The molecule has 1 aliphatic carbocycles. The molecule has 1 heterocycles. The number of guanidine groups is 1. The largest absolute Gasteiger partial charge is 0.378 e. The van der Waals surface area contributed by atoms with Crippen LogP contribution in [-0.4, -0.2) is 63.3 Å². The molecule has 1 saturated carbocycles. The van der Waals surface area contributed by atoms with Crippen molar-refractivity contribution in [3.05, 3.63) is 0 Å². The van der Waals surface area contributed by atoms with Crippen molar-refractivity contribution < 1.29 is 4.74 Å². The Kier molecular flexibility index (Phi) is 12.1. The Morgan fingerprint density at radius 2 is 1.74 bits per heavy atom. The maximum absolute atomic E-state index is 5.87. The summed E-state index contributed by atoms with van der Waals surface area (Å²) in [5.41, 5.74) is 0. The minimum absolute atomic E-state index is 0. The Labute approximate surface area is 159 Å². The van der Waals surface area contributed by atoms with Gasteiger partial charge in [-0.25, -0.2) is 0 Å². The first-order chi connectivity index (χ1) is 10.9. The molecule has 0 amide bonds. The van der Waals surface area contributed by atoms with E-state index in [-0.39, 0.29) is 24.0 Å². The number of nitrogens with zero attached hydrogens (tertiary/aromatic N) is 2. The number of hydrogen-bond acceptors (Lipinski definition) is 3. The van der Waals surface area contributed by atoms with Crippen LogP contribution in [0, 0.1) is 0 Å². The highest BCUT2D eigenvalue weighted by Gasteiger charge is 2.14. The lowest BCUT2D eigenvalue weighted by Gasteiger charge is -2.26. The third kappa shape index (κ3) is 9.10. The molecule has 2 rings (SSSR count). The van der Waals surface area contributed by atoms with Gasteiger partial charge < -0.3 is 20.3 Å². The third-order valence-electron chi connectivity index (χ3n) is 4.66. The summed E-state index contributed by atoms with van der Waals surface area (Å²) < 4.78 is 5.87. The van der Waals surface area contributed by atoms with Gasteiger partial charge in [-0.2, -0.15) is 0 Å². The molecule has 0 aromatic carbocycles. The number of piperidine rings is 1. The Bertz CT molecular complexity index is 316. The smallest absolute Gasteiger partial charge is 0.191 e. The van der Waals surface area contributed by atoms with Gasteiger partial charge in [0.15, 0.2) is 5.96 Å². The topological polar surface area (TPSA) is 48.9 Å². The van der Waals surface area contributed by atoms with Crippen LogP contribution >= 0.6 is 24.0 Å². The minimum Gasteiger partial charge on any atom is -0.378 e. The molecule has 0 atom stereocenters. The SMILES string of the molecule is CN=C(NCCCOC1CCCC1)NCCN1CCCCC1.I. The van der Waals surface area contributed by atoms with Crippen molar-refractivity contribution in [2.45, 2.75) is 57.5 Å². The van der Waals surface area contributed by atoms with E-state index in [1.54, 1.807) is 0 Å². The molecule has 0 bridgehead atoms. The van der Waals surface area contributed by atoms with Crippen molar-refractivity contribution in [1.82, 2.24) is 15.5 Å². The second-order valence-corrected chi connectivity index (χ2v) is 6.46. The molecular formula is C17H35IN4O. The van der Waals surface area contributed by atoms with Crippen LogP contribution in [0.5, 0.6) is 0 Å². The summed E-state index contributed by atoms with van der Waals surface area (Å²) in [6, 6.07) is 0. The molecule has 2 N–H and O–H groups in total. The molecule has 2 fully saturated rings. The van der Waals surface area contributed by atoms with Gasteiger partial charge in [0.1, 0.15) is 0 Å². The number of aliphatic imine (C=N–C) groups is 1. The zero-order valence-electron chi connectivity index (χ0n) is 14.7. The summed E-state index contributed by atoms with van der Waals surface area (Å²) in [7, 11) is 1.84. The summed E-state index contributed by atoms with van der Waals surface area (Å²) >= 11 is 0. The van der Waals surface area contributed by atoms with Crippen LogP contribution in [0.15, 0.2) is 4.99 Å². The van der Waals surface area contributed by atoms with Gasteiger partial charge in [-0.3, -0.25) is 4.99 Å². The van der Waals surface area contributed by atoms with Crippen LogP contribution in [-0.2, 0) is 4.74 Å². The zero-order valence-corrected chi connectivity index (χ0v) is 17.0. The first kappa shape index (κ1) is 21.0. The number of halogens is 1. The van der Waals surface area contributed by atoms with Crippen LogP contribution in [0.3, 0.4) is 0 Å². The predicted octanol–water partition coefficient (Wildman–Crippen LogP) is 2.60. The van der Waals surface area contributed by atoms with Crippen molar-refractivity contribution in [3.63, 3.8) is 0 Å². The van der Waals surface area contributed by atoms with Gasteiger partial charge in [0.25, 0.3) is 0 Å². The Balaban J connectivity index is 0.00000264. The van der Waals surface area contributed by atoms with Crippen molar-refractivity contribution in [2.75, 3.05) is 46.4 Å². The Morgan fingerprint density at radius 3 is 2.43 bits per heavy atom. The molecule has 0 aromatic rings. The molecule has 0 spiro atoms. The van der Waals surface area contributed by atoms with E-state index in [1.807, 2.05) is 7.05 Å². The van der Waals surface area contributed by atoms with Crippen LogP contribution in [0.4, 0.5) is 0 Å². The molecule has 23 heavy (non-hydrogen) atoms. The summed E-state index contributed by atoms with van der Waals surface area (Å²) in [4.78, 5) is 6.82. The molecule has 1 saturated heterocycles. The highest BCUT2D eigenvalue weighted by molar-refractivity contribution is 14.0. The molecular weight excluding hydrogens is 403 g/mol. The highest BCUT2D eigenvalue weighted by atomic mass is 127. The van der Waals surface area contributed by atoms with E-state index in [1.165, 1.54) is 58.0 Å². The molecule has 136 valence electrons. The summed E-state index contributed by atoms with van der Waals surface area (Å²) in [5, 5.41) is 6.78. The minimum atomic E-state index is 0. The first-order valence-corrected chi connectivity index (χ1v) is 9.17. The Morgan fingerprint density at radius 1 is 1.04 bits per heavy atom. The van der Waals surface area contributed by atoms with Crippen molar-refractivity contribution in [2.24, 2.45) is 4.99 Å². The first-order valence-electron chi connectivity index (χ1n) is 9.17. The van der Waals surface area contributed by atoms with E-state index in [4.69, 9.17) is 4.74 Å². The number of ether oxygens (including phenoxy) is 1. The van der Waals surface area contributed by atoms with Gasteiger partial charge in [-0.05, 0) is 45.2 Å². The average Bonchev–Trinajstić information content (AvgIpc) is 3.07. The van der Waals surface area contributed by atoms with Crippen molar-refractivity contribution in [1.29, 1.82) is 0 Å². The molecule has 1 aliphatic heterocycles. The molecule has 0 aromatic heterocycles. The van der Waals surface area contributed by atoms with Gasteiger partial charge >= 0.3 is 0 Å². The lowest BCUT2D eigenvalue weighted by Crippen LogP contribution is -2.43. The van der Waals surface area contributed by atoms with Gasteiger partial charge in [-0.1, -0.05) is 19.3 Å². The predicted molar refractivity (Wildman–Crippen MR) is 108 cm³/mol. The van der Waals surface area contributed by atoms with E-state index in [0.717, 1.165) is 38.6 Å². The highest BCUT2D eigenvalue weighted by Crippen LogP contribution is 2.20. The molecule has 0 radical (unpaired) electrons. The molecule has 5 nitrogen and oxygen atoms in total. The maximum Gasteiger partial charge on any atom is 0.191 e. The summed E-state index contributed by atoms with van der Waals surface area (Å²) in [6.45, 7) is 6.39. The number of hydrogen-bond donors (Lipinski definition) is 2. The van der Waals surface area contributed by atoms with Crippen molar-refractivity contribution >= 4 is 29.9 Å². The fraction of sp³-hybridized carbons (Fsp3) is 0.941. The standard InChI is InChI=1S/C17H34N4O.HI/c1-18-17(20-11-14-21-12-5-2-6-13-21)19-10-7-15-22-16-8-3-4-9-16;/h16H,2-15H2,1H3,(H2,18,19,20);1H. The second kappa shape index (κ2) is 13.2. The average molecular weight is 438 g/mol. The van der Waals surface area contributed by atoms with Gasteiger partial charge in [0.2, 0.25) is 0 Å². The molecule has 2 aliphatic rings. The van der Waals surface area contributed by atoms with Gasteiger partial charge in [0, 0.05) is 33.3 Å². The third-order valence-corrected chi connectivity index (χ3v) is 4.66. The quantitative estimate of drug-likeness (QED) is 0.265. The normalized spacial score (nSPS) is 20.3. The second-order valence-electron chi connectivity index (χ2n) is 6.46. The van der Waals surface area contributed by atoms with E-state index in [0.29, 0.717) is 6.10 Å². The van der Waals surface area contributed by atoms with Gasteiger partial charge in [0.05, 0.1) is 6.10 Å². The molecule has 6 heteroatoms. The van der Waals surface area contributed by atoms with Gasteiger partial charge in [-0.15, -0.1) is 24.0 Å². The van der Waals surface area contributed by atoms with Crippen LogP contribution in [0.2, 0.25) is 0 Å². The van der Waals surface area contributed by atoms with Crippen molar-refractivity contribution in [3.8, 4) is 0 Å². The fourth-order valence-corrected chi connectivity index (χ4v) is 3.32. The zero-order chi connectivity index (χ0) is 15.5. The lowest BCUT2D eigenvalue weighted by atomic mass is 10.1. The number of rotatable bonds is 8. The van der Waals surface area contributed by atoms with Crippen LogP contribution < -0.4 is 10.6 Å². The lowest BCUT2D eigenvalue weighted by molar-refractivity contribution is 0.0574. The Hall–Kier alpha value is -0.0800. The maximum atomic E-state index is 5.87. The number of likely N-dealkylation sites (tertiary alicyclic amines) is 1. The summed E-state index contributed by atoms with van der Waals surface area (Å²) in [5.74, 6) is 0.915. The van der Waals surface area contributed by atoms with E-state index >= 15 is 0 Å². The van der Waals surface area contributed by atoms with Crippen LogP contribution in [0.1, 0.15) is 51.4 Å². The monoisotopic (exact) mass is 438 g/mol. The molecule has 0 unspecified atom stereocenters. The van der Waals surface area contributed by atoms with E-state index in [9.17, 15) is 0 Å². The summed E-state index contributed by atoms with van der Waals surface area (Å²) in [6.07, 6.45) is 10.9. The van der Waals surface area contributed by atoms with Crippen LogP contribution in [0.25, 0.3) is 0 Å². The number of nitrogens with one attached hydrogen (secondary N) is 2. The van der Waals surface area contributed by atoms with E-state index < -0.39 is 0 Å². The van der Waals surface area contributed by atoms with E-state index in [2.05, 4.69) is 20.5 Å².